The molecule has 3 saturated heterocycles. The van der Waals surface area contributed by atoms with Crippen molar-refractivity contribution >= 4 is 41.0 Å². The number of piperidine rings is 3. The number of fused-ring (bicyclic) bond motifs is 3. The van der Waals surface area contributed by atoms with Crippen LogP contribution in [0.4, 0.5) is 19.3 Å². The quantitative estimate of drug-likeness (QED) is 0.123. The number of para-hydroxylation sites is 1. The smallest absolute Gasteiger partial charge is 0.415 e. The Morgan fingerprint density at radius 1 is 0.980 bits per heavy atom. The Morgan fingerprint density at radius 3 is 2.24 bits per heavy atom. The molecule has 4 aromatic rings. The number of methoxy groups -OCH3 is 2. The SMILES string of the molecule is COc1ccc([C@H](Cc2c(Cl)c[n+](O)cc2Cl)c2cc(CN(C(=O)O[C@H]3CN4CCC3CC4)c3c(F)cccc3F)ccc2C(=O)O)cc1OC. The molecule has 3 aliphatic heterocycles. The summed E-state index contributed by atoms with van der Waals surface area (Å²) in [5, 5.41) is 20.6. The molecule has 14 heteroatoms. The van der Waals surface area contributed by atoms with E-state index in [1.165, 1.54) is 44.8 Å². The summed E-state index contributed by atoms with van der Waals surface area (Å²) >= 11 is 13.1. The Hall–Kier alpha value is -4.65. The zero-order valence-corrected chi connectivity index (χ0v) is 29.3. The number of pyridine rings is 1. The lowest BCUT2D eigenvalue weighted by atomic mass is 9.82. The van der Waals surface area contributed by atoms with E-state index in [0.717, 1.165) is 43.0 Å². The van der Waals surface area contributed by atoms with E-state index in [0.29, 0.717) is 45.0 Å². The number of ether oxygens (including phenoxy) is 3. The van der Waals surface area contributed by atoms with Crippen molar-refractivity contribution in [2.45, 2.75) is 37.8 Å². The summed E-state index contributed by atoms with van der Waals surface area (Å²) in [6.07, 6.45) is 2.93. The van der Waals surface area contributed by atoms with Crippen LogP contribution in [0.15, 0.2) is 67.0 Å². The lowest BCUT2D eigenvalue weighted by molar-refractivity contribution is -0.904. The second-order valence-electron chi connectivity index (χ2n) is 12.6. The molecule has 3 fully saturated rings. The molecule has 0 radical (unpaired) electrons. The summed E-state index contributed by atoms with van der Waals surface area (Å²) in [5.74, 6) is -2.94. The van der Waals surface area contributed by atoms with E-state index in [1.807, 2.05) is 0 Å². The van der Waals surface area contributed by atoms with E-state index in [9.17, 15) is 19.9 Å². The van der Waals surface area contributed by atoms with Gasteiger partial charge in [0.2, 0.25) is 12.4 Å². The molecule has 1 amide bonds. The maximum absolute atomic E-state index is 15.3. The molecular formula is C37H36Cl2F2N3O7+. The normalized spacial score (nSPS) is 18.6. The van der Waals surface area contributed by atoms with Gasteiger partial charge in [-0.3, -0.25) is 15.0 Å². The minimum atomic E-state index is -1.24. The Balaban J connectivity index is 1.45. The van der Waals surface area contributed by atoms with Crippen LogP contribution in [0, 0.1) is 17.6 Å². The van der Waals surface area contributed by atoms with Crippen molar-refractivity contribution < 1.29 is 47.6 Å². The molecule has 0 aliphatic carbocycles. The van der Waals surface area contributed by atoms with Gasteiger partial charge in [0.05, 0.1) is 26.3 Å². The predicted octanol–water partition coefficient (Wildman–Crippen LogP) is 7.12. The second kappa shape index (κ2) is 15.3. The molecule has 10 nitrogen and oxygen atoms in total. The zero-order valence-electron chi connectivity index (χ0n) is 27.8. The minimum Gasteiger partial charge on any atom is -0.493 e. The molecule has 0 saturated carbocycles. The maximum Gasteiger partial charge on any atom is 0.415 e. The molecule has 51 heavy (non-hydrogen) atoms. The van der Waals surface area contributed by atoms with E-state index in [4.69, 9.17) is 37.4 Å². The van der Waals surface area contributed by atoms with Crippen LogP contribution in [0.5, 0.6) is 11.5 Å². The molecule has 2 N–H and O–H groups in total. The highest BCUT2D eigenvalue weighted by atomic mass is 35.5. The molecule has 7 rings (SSSR count). The Labute approximate surface area is 303 Å². The first kappa shape index (κ1) is 36.2. The molecule has 4 heterocycles. The van der Waals surface area contributed by atoms with Gasteiger partial charge in [0, 0.05) is 22.8 Å². The van der Waals surface area contributed by atoms with Gasteiger partial charge in [0.1, 0.15) is 33.5 Å². The number of hydrogen-bond donors (Lipinski definition) is 2. The van der Waals surface area contributed by atoms with Gasteiger partial charge in [-0.05, 0) is 85.3 Å². The topological polar surface area (TPSA) is 113 Å². The first-order chi connectivity index (χ1) is 24.5. The third-order valence-corrected chi connectivity index (χ3v) is 10.3. The second-order valence-corrected chi connectivity index (χ2v) is 13.4. The highest BCUT2D eigenvalue weighted by Crippen LogP contribution is 2.40. The van der Waals surface area contributed by atoms with Crippen LogP contribution in [0.2, 0.25) is 10.0 Å². The van der Waals surface area contributed by atoms with Gasteiger partial charge in [-0.1, -0.05) is 47.5 Å². The number of rotatable bonds is 11. The number of amides is 1. The first-order valence-electron chi connectivity index (χ1n) is 16.3. The van der Waals surface area contributed by atoms with Crippen LogP contribution >= 0.6 is 23.2 Å². The number of carbonyl (C=O) groups excluding carboxylic acids is 1. The van der Waals surface area contributed by atoms with Crippen molar-refractivity contribution in [1.82, 2.24) is 4.90 Å². The highest BCUT2D eigenvalue weighted by molar-refractivity contribution is 6.35. The van der Waals surface area contributed by atoms with Gasteiger partial charge in [-0.25, -0.2) is 18.4 Å². The van der Waals surface area contributed by atoms with Gasteiger partial charge in [-0.2, -0.15) is 0 Å². The summed E-state index contributed by atoms with van der Waals surface area (Å²) in [4.78, 5) is 29.7. The molecule has 0 unspecified atom stereocenters. The third-order valence-electron chi connectivity index (χ3n) is 9.62. The van der Waals surface area contributed by atoms with E-state index < -0.39 is 41.4 Å². The van der Waals surface area contributed by atoms with Crippen LogP contribution in [0.25, 0.3) is 0 Å². The Morgan fingerprint density at radius 2 is 1.65 bits per heavy atom. The fourth-order valence-corrected chi connectivity index (χ4v) is 7.62. The monoisotopic (exact) mass is 742 g/mol. The first-order valence-corrected chi connectivity index (χ1v) is 17.0. The van der Waals surface area contributed by atoms with Gasteiger partial charge in [0.15, 0.2) is 11.5 Å². The standard InChI is InChI=1S/C37H35Cl2F2N3O7/c1-49-32-9-7-23(15-33(32)50-2)25(16-27-28(38)18-43(48)19-29(27)39)26-14-21(6-8-24(26)36(45)46)17-44(35-30(40)4-3-5-31(35)41)37(47)51-34-20-42-12-10-22(34)11-13-42/h3-9,14-15,18-19,22,25,34H,10-13,16-17,20H2,1-2H3,(H-,45,46,48)/p+1/t25-,34-/m0/s1. The fraction of sp³-hybridized carbons (Fsp3) is 0.324. The number of carboxylic acid groups (broad SMARTS) is 1. The summed E-state index contributed by atoms with van der Waals surface area (Å²) in [6, 6.07) is 12.9. The van der Waals surface area contributed by atoms with Crippen molar-refractivity contribution in [2.75, 3.05) is 38.8 Å². The molecule has 268 valence electrons. The van der Waals surface area contributed by atoms with Crippen LogP contribution in [0.3, 0.4) is 0 Å². The summed E-state index contributed by atoms with van der Waals surface area (Å²) in [6.45, 7) is 2.00. The van der Waals surface area contributed by atoms with Crippen molar-refractivity contribution in [3.63, 3.8) is 0 Å². The number of hydrogen-bond acceptors (Lipinski definition) is 7. The molecule has 3 aromatic carbocycles. The van der Waals surface area contributed by atoms with E-state index in [2.05, 4.69) is 4.90 Å². The number of anilines is 1. The molecule has 0 spiro atoms. The average Bonchev–Trinajstić information content (AvgIpc) is 3.11. The molecule has 2 bridgehead atoms. The van der Waals surface area contributed by atoms with Gasteiger partial charge in [-0.15, -0.1) is 0 Å². The van der Waals surface area contributed by atoms with Crippen molar-refractivity contribution in [3.05, 3.63) is 116 Å². The van der Waals surface area contributed by atoms with Crippen molar-refractivity contribution in [2.24, 2.45) is 5.92 Å². The summed E-state index contributed by atoms with van der Waals surface area (Å²) < 4.78 is 48.3. The van der Waals surface area contributed by atoms with Crippen LogP contribution < -0.4 is 19.1 Å². The number of nitrogens with zero attached hydrogens (tertiary/aromatic N) is 3. The number of carbonyl (C=O) groups is 2. The Kier molecular flexibility index (Phi) is 10.8. The van der Waals surface area contributed by atoms with Crippen molar-refractivity contribution in [3.8, 4) is 11.5 Å². The van der Waals surface area contributed by atoms with E-state index in [1.54, 1.807) is 24.3 Å². The fourth-order valence-electron chi connectivity index (χ4n) is 7.01. The number of carboxylic acids is 1. The van der Waals surface area contributed by atoms with Gasteiger partial charge >= 0.3 is 12.1 Å². The van der Waals surface area contributed by atoms with E-state index >= 15 is 8.78 Å². The van der Waals surface area contributed by atoms with Crippen molar-refractivity contribution in [1.29, 1.82) is 0 Å². The number of benzene rings is 3. The van der Waals surface area contributed by atoms with Crippen LogP contribution in [0.1, 0.15) is 51.4 Å². The predicted molar refractivity (Wildman–Crippen MR) is 184 cm³/mol. The third kappa shape index (κ3) is 7.68. The molecule has 3 aliphatic rings. The molecular weight excluding hydrogens is 707 g/mol. The zero-order chi connectivity index (χ0) is 36.4. The minimum absolute atomic E-state index is 0.0605. The largest absolute Gasteiger partial charge is 0.493 e. The van der Waals surface area contributed by atoms with Crippen LogP contribution in [-0.2, 0) is 17.7 Å². The molecule has 2 atom stereocenters. The van der Waals surface area contributed by atoms with Gasteiger partial charge < -0.3 is 19.3 Å². The number of aromatic nitrogens is 1. The molecule has 1 aromatic heterocycles. The number of aromatic carboxylic acids is 1. The highest BCUT2D eigenvalue weighted by Gasteiger charge is 2.38. The lowest BCUT2D eigenvalue weighted by Crippen LogP contribution is -2.53. The maximum atomic E-state index is 15.3. The average molecular weight is 744 g/mol. The van der Waals surface area contributed by atoms with E-state index in [-0.39, 0.29) is 34.5 Å². The lowest BCUT2D eigenvalue weighted by Gasteiger charge is -2.44. The van der Waals surface area contributed by atoms with Crippen LogP contribution in [-0.4, -0.2) is 67.2 Å². The summed E-state index contributed by atoms with van der Waals surface area (Å²) in [5.41, 5.74) is 1.02. The number of halogens is 4. The Bertz CT molecular complexity index is 1910. The summed E-state index contributed by atoms with van der Waals surface area (Å²) in [7, 11) is 2.95. The van der Waals surface area contributed by atoms with Gasteiger partial charge in [0.25, 0.3) is 0 Å².